The summed E-state index contributed by atoms with van der Waals surface area (Å²) in [5.41, 5.74) is 4.83. The number of hydrogen-bond acceptors (Lipinski definition) is 3. The van der Waals surface area contributed by atoms with Gasteiger partial charge in [-0.1, -0.05) is 0 Å². The van der Waals surface area contributed by atoms with Gasteiger partial charge in [0.15, 0.2) is 0 Å². The van der Waals surface area contributed by atoms with Crippen molar-refractivity contribution in [2.75, 3.05) is 13.1 Å². The van der Waals surface area contributed by atoms with E-state index in [0.29, 0.717) is 0 Å². The third-order valence-corrected chi connectivity index (χ3v) is 2.60. The molecule has 1 rings (SSSR count). The maximum absolute atomic E-state index is 12.7. The molecule has 2 atom stereocenters. The molecule has 0 aromatic heterocycles. The molecule has 1 saturated heterocycles. The zero-order valence-electron chi connectivity index (χ0n) is 10.8. The molecule has 0 saturated carbocycles. The minimum atomic E-state index is -4.34. The molecule has 4 nitrogen and oxygen atoms in total. The molecular weight excluding hydrogens is 249 g/mol. The molecule has 1 amide bonds. The summed E-state index contributed by atoms with van der Waals surface area (Å²) in [6.45, 7) is 4.70. The average molecular weight is 268 g/mol. The van der Waals surface area contributed by atoms with Crippen molar-refractivity contribution in [3.8, 4) is 0 Å². The van der Waals surface area contributed by atoms with Gasteiger partial charge in [-0.2, -0.15) is 13.2 Å². The molecule has 106 valence electrons. The number of halogens is 3. The van der Waals surface area contributed by atoms with Crippen LogP contribution < -0.4 is 5.73 Å². The number of carbonyl (C=O) groups is 1. The van der Waals surface area contributed by atoms with Crippen LogP contribution in [0.15, 0.2) is 0 Å². The highest BCUT2D eigenvalue weighted by atomic mass is 19.4. The Morgan fingerprint density at radius 2 is 1.83 bits per heavy atom. The van der Waals surface area contributed by atoms with E-state index in [-0.39, 0.29) is 19.5 Å². The maximum Gasteiger partial charge on any atom is 0.410 e. The van der Waals surface area contributed by atoms with Crippen molar-refractivity contribution in [1.82, 2.24) is 4.90 Å². The number of piperidine rings is 1. The molecule has 0 spiro atoms. The predicted molar refractivity (Wildman–Crippen MR) is 59.9 cm³/mol. The van der Waals surface area contributed by atoms with Crippen molar-refractivity contribution >= 4 is 6.09 Å². The van der Waals surface area contributed by atoms with Crippen molar-refractivity contribution in [2.24, 2.45) is 11.7 Å². The second-order valence-corrected chi connectivity index (χ2v) is 5.62. The molecule has 0 aromatic rings. The molecule has 18 heavy (non-hydrogen) atoms. The van der Waals surface area contributed by atoms with E-state index < -0.39 is 29.8 Å². The van der Waals surface area contributed by atoms with Crippen molar-refractivity contribution in [3.63, 3.8) is 0 Å². The molecule has 0 radical (unpaired) electrons. The average Bonchev–Trinajstić information content (AvgIpc) is 2.12. The molecule has 0 bridgehead atoms. The van der Waals surface area contributed by atoms with E-state index in [9.17, 15) is 18.0 Å². The fraction of sp³-hybridized carbons (Fsp3) is 0.909. The second kappa shape index (κ2) is 4.95. The van der Waals surface area contributed by atoms with Crippen molar-refractivity contribution in [3.05, 3.63) is 0 Å². The highest BCUT2D eigenvalue weighted by Crippen LogP contribution is 2.33. The van der Waals surface area contributed by atoms with Crippen molar-refractivity contribution in [1.29, 1.82) is 0 Å². The summed E-state index contributed by atoms with van der Waals surface area (Å²) >= 11 is 0. The predicted octanol–water partition coefficient (Wildman–Crippen LogP) is 2.13. The number of ether oxygens (including phenoxy) is 1. The molecule has 1 aliphatic rings. The van der Waals surface area contributed by atoms with Crippen LogP contribution in [0.3, 0.4) is 0 Å². The van der Waals surface area contributed by atoms with E-state index in [1.165, 1.54) is 0 Å². The Hall–Kier alpha value is -0.980. The van der Waals surface area contributed by atoms with Gasteiger partial charge in [-0.05, 0) is 27.2 Å². The summed E-state index contributed by atoms with van der Waals surface area (Å²) in [6, 6.07) is -0.669. The SMILES string of the molecule is CC(C)(C)OC(=O)N1C[C@H](N)C[C@H](C(F)(F)F)C1. The lowest BCUT2D eigenvalue weighted by Crippen LogP contribution is -2.53. The summed E-state index contributed by atoms with van der Waals surface area (Å²) in [4.78, 5) is 12.8. The highest BCUT2D eigenvalue weighted by molar-refractivity contribution is 5.68. The van der Waals surface area contributed by atoms with Crippen LogP contribution in [-0.4, -0.2) is 41.9 Å². The minimum Gasteiger partial charge on any atom is -0.444 e. The van der Waals surface area contributed by atoms with Crippen LogP contribution in [0.4, 0.5) is 18.0 Å². The summed E-state index contributed by atoms with van der Waals surface area (Å²) in [6.07, 6.45) is -5.23. The summed E-state index contributed by atoms with van der Waals surface area (Å²) in [7, 11) is 0. The molecule has 0 aliphatic carbocycles. The van der Waals surface area contributed by atoms with Crippen molar-refractivity contribution in [2.45, 2.75) is 45.0 Å². The Labute approximate surface area is 104 Å². The topological polar surface area (TPSA) is 55.6 Å². The van der Waals surface area contributed by atoms with Crippen LogP contribution in [0.2, 0.25) is 0 Å². The van der Waals surface area contributed by atoms with Crippen LogP contribution in [-0.2, 0) is 4.74 Å². The first-order chi connectivity index (χ1) is 7.99. The quantitative estimate of drug-likeness (QED) is 0.732. The lowest BCUT2D eigenvalue weighted by molar-refractivity contribution is -0.186. The lowest BCUT2D eigenvalue weighted by Gasteiger charge is -2.37. The third kappa shape index (κ3) is 4.36. The number of nitrogens with two attached hydrogens (primary N) is 1. The molecule has 0 unspecified atom stereocenters. The first kappa shape index (κ1) is 15.1. The summed E-state index contributed by atoms with van der Waals surface area (Å²) < 4.78 is 43.0. The molecule has 0 aromatic carbocycles. The first-order valence-electron chi connectivity index (χ1n) is 5.79. The second-order valence-electron chi connectivity index (χ2n) is 5.62. The Morgan fingerprint density at radius 1 is 1.28 bits per heavy atom. The monoisotopic (exact) mass is 268 g/mol. The number of hydrogen-bond donors (Lipinski definition) is 1. The lowest BCUT2D eigenvalue weighted by atomic mass is 9.94. The highest BCUT2D eigenvalue weighted by Gasteiger charge is 2.45. The molecule has 1 heterocycles. The van der Waals surface area contributed by atoms with Gasteiger partial charge in [0.2, 0.25) is 0 Å². The Morgan fingerprint density at radius 3 is 2.28 bits per heavy atom. The normalized spacial score (nSPS) is 26.1. The van der Waals surface area contributed by atoms with Crippen LogP contribution in [0.1, 0.15) is 27.2 Å². The van der Waals surface area contributed by atoms with Crippen LogP contribution in [0.5, 0.6) is 0 Å². The summed E-state index contributed by atoms with van der Waals surface area (Å²) in [5.74, 6) is -1.58. The third-order valence-electron chi connectivity index (χ3n) is 2.60. The molecule has 7 heteroatoms. The van der Waals surface area contributed by atoms with Crippen LogP contribution in [0.25, 0.3) is 0 Å². The van der Waals surface area contributed by atoms with Gasteiger partial charge in [-0.25, -0.2) is 4.79 Å². The van der Waals surface area contributed by atoms with E-state index in [4.69, 9.17) is 10.5 Å². The van der Waals surface area contributed by atoms with E-state index in [1.54, 1.807) is 20.8 Å². The first-order valence-corrected chi connectivity index (χ1v) is 5.79. The number of rotatable bonds is 0. The standard InChI is InChI=1S/C11H19F3N2O2/c1-10(2,3)18-9(17)16-5-7(11(12,13)14)4-8(15)6-16/h7-8H,4-6,15H2,1-3H3/t7-,8+/m0/s1. The smallest absolute Gasteiger partial charge is 0.410 e. The number of likely N-dealkylation sites (tertiary alicyclic amines) is 1. The van der Waals surface area contributed by atoms with E-state index >= 15 is 0 Å². The number of alkyl halides is 3. The van der Waals surface area contributed by atoms with E-state index in [1.807, 2.05) is 0 Å². The fourth-order valence-electron chi connectivity index (χ4n) is 1.85. The van der Waals surface area contributed by atoms with Gasteiger partial charge in [0.1, 0.15) is 5.60 Å². The Kier molecular flexibility index (Phi) is 4.15. The number of amides is 1. The largest absolute Gasteiger partial charge is 0.444 e. The molecular formula is C11H19F3N2O2. The van der Waals surface area contributed by atoms with Gasteiger partial charge >= 0.3 is 12.3 Å². The van der Waals surface area contributed by atoms with Gasteiger partial charge < -0.3 is 15.4 Å². The van der Waals surface area contributed by atoms with Crippen molar-refractivity contribution < 1.29 is 22.7 Å². The van der Waals surface area contributed by atoms with Crippen LogP contribution in [0, 0.1) is 5.92 Å². The van der Waals surface area contributed by atoms with E-state index in [2.05, 4.69) is 0 Å². The maximum atomic E-state index is 12.7. The Balaban J connectivity index is 2.69. The minimum absolute atomic E-state index is 0.0987. The van der Waals surface area contributed by atoms with Gasteiger partial charge in [0.25, 0.3) is 0 Å². The number of nitrogens with zero attached hydrogens (tertiary/aromatic N) is 1. The van der Waals surface area contributed by atoms with Crippen LogP contribution >= 0.6 is 0 Å². The molecule has 2 N–H and O–H groups in total. The van der Waals surface area contributed by atoms with Gasteiger partial charge in [-0.15, -0.1) is 0 Å². The molecule has 1 fully saturated rings. The fourth-order valence-corrected chi connectivity index (χ4v) is 1.85. The zero-order chi connectivity index (χ0) is 14.1. The zero-order valence-corrected chi connectivity index (χ0v) is 10.8. The Bertz CT molecular complexity index is 312. The van der Waals surface area contributed by atoms with Gasteiger partial charge in [0.05, 0.1) is 5.92 Å². The van der Waals surface area contributed by atoms with Gasteiger partial charge in [-0.3, -0.25) is 0 Å². The molecule has 1 aliphatic heterocycles. The number of carbonyl (C=O) groups excluding carboxylic acids is 1. The van der Waals surface area contributed by atoms with E-state index in [0.717, 1.165) is 4.90 Å². The summed E-state index contributed by atoms with van der Waals surface area (Å²) in [5, 5.41) is 0. The van der Waals surface area contributed by atoms with Gasteiger partial charge in [0, 0.05) is 19.1 Å².